The maximum atomic E-state index is 13.3. The Morgan fingerprint density at radius 3 is 2.36 bits per heavy atom. The molecule has 0 radical (unpaired) electrons. The van der Waals surface area contributed by atoms with Crippen LogP contribution < -0.4 is 5.73 Å². The van der Waals surface area contributed by atoms with Crippen LogP contribution in [0.3, 0.4) is 0 Å². The van der Waals surface area contributed by atoms with Crippen LogP contribution in [0.2, 0.25) is 0 Å². The van der Waals surface area contributed by atoms with Crippen molar-refractivity contribution in [3.8, 4) is 0 Å². The number of hydrogen-bond donors (Lipinski definition) is 1. The van der Waals surface area contributed by atoms with Crippen LogP contribution >= 0.6 is 0 Å². The average molecular weight is 197 g/mol. The third-order valence-corrected chi connectivity index (χ3v) is 2.89. The van der Waals surface area contributed by atoms with E-state index >= 15 is 0 Å². The fourth-order valence-electron chi connectivity index (χ4n) is 1.99. The molecule has 0 amide bonds. The van der Waals surface area contributed by atoms with Crippen molar-refractivity contribution in [1.82, 2.24) is 0 Å². The molecule has 0 heterocycles. The first-order chi connectivity index (χ1) is 6.61. The zero-order chi connectivity index (χ0) is 10.3. The maximum Gasteiger partial charge on any atom is 0.129 e. The Kier molecular flexibility index (Phi) is 2.27. The second kappa shape index (κ2) is 3.31. The Balaban J connectivity index is 2.26. The molecule has 2 rings (SSSR count). The SMILES string of the molecule is C[C@H](N)[C@H]1C[C@@H]1c1c(F)cccc1F. The number of benzene rings is 1. The molecule has 0 unspecified atom stereocenters. The first-order valence-corrected chi connectivity index (χ1v) is 4.80. The molecular formula is C11H13F2N. The number of nitrogens with two attached hydrogens (primary N) is 1. The molecule has 3 heteroatoms. The van der Waals surface area contributed by atoms with Crippen LogP contribution in [0.5, 0.6) is 0 Å². The Hall–Kier alpha value is -0.960. The van der Waals surface area contributed by atoms with Crippen molar-refractivity contribution in [3.63, 3.8) is 0 Å². The molecule has 0 spiro atoms. The van der Waals surface area contributed by atoms with Crippen molar-refractivity contribution >= 4 is 0 Å². The normalized spacial score (nSPS) is 27.4. The van der Waals surface area contributed by atoms with Crippen LogP contribution in [0.15, 0.2) is 18.2 Å². The van der Waals surface area contributed by atoms with E-state index in [1.54, 1.807) is 0 Å². The molecule has 1 saturated carbocycles. The van der Waals surface area contributed by atoms with E-state index in [1.165, 1.54) is 18.2 Å². The highest BCUT2D eigenvalue weighted by molar-refractivity contribution is 5.29. The zero-order valence-electron chi connectivity index (χ0n) is 8.00. The van der Waals surface area contributed by atoms with Crippen LogP contribution in [0, 0.1) is 17.6 Å². The third-order valence-electron chi connectivity index (χ3n) is 2.89. The van der Waals surface area contributed by atoms with E-state index in [4.69, 9.17) is 5.73 Å². The molecule has 14 heavy (non-hydrogen) atoms. The summed E-state index contributed by atoms with van der Waals surface area (Å²) >= 11 is 0. The van der Waals surface area contributed by atoms with E-state index in [1.807, 2.05) is 6.92 Å². The monoisotopic (exact) mass is 197 g/mol. The van der Waals surface area contributed by atoms with Crippen LogP contribution in [-0.4, -0.2) is 6.04 Å². The zero-order valence-corrected chi connectivity index (χ0v) is 8.00. The van der Waals surface area contributed by atoms with Gasteiger partial charge in [-0.15, -0.1) is 0 Å². The molecule has 1 aliphatic carbocycles. The van der Waals surface area contributed by atoms with Gasteiger partial charge in [0.1, 0.15) is 11.6 Å². The van der Waals surface area contributed by atoms with Crippen molar-refractivity contribution in [1.29, 1.82) is 0 Å². The van der Waals surface area contributed by atoms with Crippen molar-refractivity contribution in [2.75, 3.05) is 0 Å². The number of halogens is 2. The van der Waals surface area contributed by atoms with E-state index in [-0.39, 0.29) is 23.4 Å². The second-order valence-corrected chi connectivity index (χ2v) is 4.00. The molecule has 0 bridgehead atoms. The predicted octanol–water partition coefficient (Wildman–Crippen LogP) is 2.42. The fourth-order valence-corrected chi connectivity index (χ4v) is 1.99. The number of rotatable bonds is 2. The Morgan fingerprint density at radius 1 is 1.36 bits per heavy atom. The number of hydrogen-bond acceptors (Lipinski definition) is 1. The van der Waals surface area contributed by atoms with Gasteiger partial charge in [0.25, 0.3) is 0 Å². The largest absolute Gasteiger partial charge is 0.328 e. The third kappa shape index (κ3) is 1.52. The Labute approximate surface area is 81.9 Å². The smallest absolute Gasteiger partial charge is 0.129 e. The lowest BCUT2D eigenvalue weighted by Crippen LogP contribution is -2.18. The molecule has 1 aromatic rings. The highest BCUT2D eigenvalue weighted by Crippen LogP contribution is 2.50. The van der Waals surface area contributed by atoms with Crippen LogP contribution in [0.1, 0.15) is 24.8 Å². The summed E-state index contributed by atoms with van der Waals surface area (Å²) in [4.78, 5) is 0. The summed E-state index contributed by atoms with van der Waals surface area (Å²) in [7, 11) is 0. The average Bonchev–Trinajstić information content (AvgIpc) is 2.83. The second-order valence-electron chi connectivity index (χ2n) is 4.00. The van der Waals surface area contributed by atoms with Crippen molar-refractivity contribution in [2.24, 2.45) is 11.7 Å². The van der Waals surface area contributed by atoms with Gasteiger partial charge in [0.05, 0.1) is 0 Å². The van der Waals surface area contributed by atoms with Gasteiger partial charge in [-0.05, 0) is 37.3 Å². The summed E-state index contributed by atoms with van der Waals surface area (Å²) in [6, 6.07) is 4.00. The molecule has 0 aliphatic heterocycles. The molecule has 76 valence electrons. The molecule has 0 saturated heterocycles. The van der Waals surface area contributed by atoms with Crippen LogP contribution in [0.4, 0.5) is 8.78 Å². The Bertz CT molecular complexity index is 329. The quantitative estimate of drug-likeness (QED) is 0.774. The summed E-state index contributed by atoms with van der Waals surface area (Å²) < 4.78 is 26.6. The molecule has 1 aromatic carbocycles. The first-order valence-electron chi connectivity index (χ1n) is 4.80. The van der Waals surface area contributed by atoms with E-state index in [2.05, 4.69) is 0 Å². The van der Waals surface area contributed by atoms with E-state index in [0.717, 1.165) is 6.42 Å². The highest BCUT2D eigenvalue weighted by Gasteiger charge is 2.43. The van der Waals surface area contributed by atoms with Gasteiger partial charge in [-0.25, -0.2) is 8.78 Å². The van der Waals surface area contributed by atoms with E-state index < -0.39 is 11.6 Å². The lowest BCUT2D eigenvalue weighted by Gasteiger charge is -2.06. The minimum atomic E-state index is -0.446. The van der Waals surface area contributed by atoms with Gasteiger partial charge in [0, 0.05) is 11.6 Å². The van der Waals surface area contributed by atoms with Gasteiger partial charge in [-0.1, -0.05) is 6.07 Å². The first kappa shape index (κ1) is 9.59. The molecule has 1 aliphatic rings. The van der Waals surface area contributed by atoms with Crippen LogP contribution in [-0.2, 0) is 0 Å². The fraction of sp³-hybridized carbons (Fsp3) is 0.455. The summed E-state index contributed by atoms with van der Waals surface area (Å²) in [5.74, 6) is -0.672. The molecule has 1 nitrogen and oxygen atoms in total. The molecule has 1 fully saturated rings. The minimum Gasteiger partial charge on any atom is -0.328 e. The van der Waals surface area contributed by atoms with E-state index in [9.17, 15) is 8.78 Å². The van der Waals surface area contributed by atoms with Gasteiger partial charge in [0.15, 0.2) is 0 Å². The van der Waals surface area contributed by atoms with Crippen molar-refractivity contribution in [3.05, 3.63) is 35.4 Å². The summed E-state index contributed by atoms with van der Waals surface area (Å²) in [5.41, 5.74) is 5.90. The van der Waals surface area contributed by atoms with E-state index in [0.29, 0.717) is 0 Å². The van der Waals surface area contributed by atoms with Gasteiger partial charge in [0.2, 0.25) is 0 Å². The van der Waals surface area contributed by atoms with Gasteiger partial charge in [-0.3, -0.25) is 0 Å². The van der Waals surface area contributed by atoms with Crippen molar-refractivity contribution in [2.45, 2.75) is 25.3 Å². The topological polar surface area (TPSA) is 26.0 Å². The molecule has 0 aromatic heterocycles. The lowest BCUT2D eigenvalue weighted by molar-refractivity contribution is 0.542. The van der Waals surface area contributed by atoms with Gasteiger partial charge >= 0.3 is 0 Å². The minimum absolute atomic E-state index is 0.0130. The lowest BCUT2D eigenvalue weighted by atomic mass is 10.1. The molecule has 3 atom stereocenters. The summed E-state index contributed by atoms with van der Waals surface area (Å²) in [5, 5.41) is 0. The Morgan fingerprint density at radius 2 is 1.93 bits per heavy atom. The summed E-state index contributed by atoms with van der Waals surface area (Å²) in [6.07, 6.45) is 0.801. The predicted molar refractivity (Wildman–Crippen MR) is 50.9 cm³/mol. The summed E-state index contributed by atoms with van der Waals surface area (Å²) in [6.45, 7) is 1.88. The molecule has 2 N–H and O–H groups in total. The van der Waals surface area contributed by atoms with Crippen LogP contribution in [0.25, 0.3) is 0 Å². The van der Waals surface area contributed by atoms with Crippen molar-refractivity contribution < 1.29 is 8.78 Å². The van der Waals surface area contributed by atoms with Gasteiger partial charge in [-0.2, -0.15) is 0 Å². The maximum absolute atomic E-state index is 13.3. The standard InChI is InChI=1S/C11H13F2N/c1-6(14)7-5-8(7)11-9(12)3-2-4-10(11)13/h2-4,6-8H,5,14H2,1H3/t6-,7+,8-/m0/s1. The molecular weight excluding hydrogens is 184 g/mol. The highest BCUT2D eigenvalue weighted by atomic mass is 19.1. The van der Waals surface area contributed by atoms with Gasteiger partial charge < -0.3 is 5.73 Å².